The molecule has 0 aliphatic heterocycles. The van der Waals surface area contributed by atoms with Gasteiger partial charge in [0, 0.05) is 0 Å². The van der Waals surface area contributed by atoms with Crippen LogP contribution in [-0.4, -0.2) is 0 Å². The Morgan fingerprint density at radius 2 is 1.67 bits per heavy atom. The van der Waals surface area contributed by atoms with Gasteiger partial charge in [0.2, 0.25) is 0 Å². The number of aryl methyl sites for hydroxylation is 1. The second kappa shape index (κ2) is 4.45. The van der Waals surface area contributed by atoms with Crippen LogP contribution >= 0.6 is 43.5 Å². The van der Waals surface area contributed by atoms with Crippen LogP contribution in [0.3, 0.4) is 0 Å². The van der Waals surface area contributed by atoms with Crippen molar-refractivity contribution in [2.75, 3.05) is 0 Å². The molecule has 0 aliphatic rings. The van der Waals surface area contributed by atoms with Crippen LogP contribution in [0.5, 0.6) is 0 Å². The first-order valence-corrected chi connectivity index (χ1v) is 5.35. The van der Waals surface area contributed by atoms with Gasteiger partial charge >= 0.3 is 0 Å². The second-order valence-electron chi connectivity index (χ2n) is 2.44. The molecule has 0 aliphatic carbocycles. The molecule has 0 radical (unpaired) electrons. The molecule has 0 N–H and O–H groups in total. The van der Waals surface area contributed by atoms with Crippen LogP contribution in [0.2, 0.25) is 0 Å². The summed E-state index contributed by atoms with van der Waals surface area (Å²) in [6, 6.07) is 8.03. The average Bonchev–Trinajstić information content (AvgIpc) is 2.04. The molecule has 0 unspecified atom stereocenters. The zero-order chi connectivity index (χ0) is 9.14. The fourth-order valence-electron chi connectivity index (χ4n) is 0.809. The zero-order valence-corrected chi connectivity index (χ0v) is 10.4. The summed E-state index contributed by atoms with van der Waals surface area (Å²) >= 11 is 12.5. The lowest BCUT2D eigenvalue weighted by Gasteiger charge is -1.99. The van der Waals surface area contributed by atoms with E-state index in [-0.39, 0.29) is 0 Å². The van der Waals surface area contributed by atoms with Gasteiger partial charge in [-0.1, -0.05) is 41.4 Å². The van der Waals surface area contributed by atoms with Crippen molar-refractivity contribution in [2.45, 2.75) is 6.92 Å². The van der Waals surface area contributed by atoms with Crippen molar-refractivity contribution in [3.05, 3.63) is 38.8 Å². The Kier molecular flexibility index (Phi) is 3.81. The van der Waals surface area contributed by atoms with E-state index in [4.69, 9.17) is 11.6 Å². The molecule has 0 spiro atoms. The third-order valence-electron chi connectivity index (χ3n) is 1.47. The highest BCUT2D eigenvalue weighted by Crippen LogP contribution is 2.30. The molecule has 3 heteroatoms. The smallest absolute Gasteiger partial charge is 0.0796 e. The Balaban J connectivity index is 3.06. The number of benzene rings is 1. The second-order valence-corrected chi connectivity index (χ2v) is 5.47. The molecule has 0 saturated carbocycles. The van der Waals surface area contributed by atoms with Crippen LogP contribution < -0.4 is 0 Å². The minimum atomic E-state index is 0.690. The molecule has 12 heavy (non-hydrogen) atoms. The molecule has 1 aromatic rings. The van der Waals surface area contributed by atoms with Crippen LogP contribution in [0.4, 0.5) is 0 Å². The number of hydrogen-bond acceptors (Lipinski definition) is 0. The quantitative estimate of drug-likeness (QED) is 0.708. The molecule has 0 bridgehead atoms. The molecule has 0 amide bonds. The van der Waals surface area contributed by atoms with E-state index in [0.717, 1.165) is 8.96 Å². The first kappa shape index (κ1) is 10.3. The number of halogens is 3. The van der Waals surface area contributed by atoms with Crippen molar-refractivity contribution in [3.63, 3.8) is 0 Å². The maximum Gasteiger partial charge on any atom is 0.0796 e. The minimum Gasteiger partial charge on any atom is -0.0819 e. The van der Waals surface area contributed by atoms with E-state index < -0.39 is 0 Å². The van der Waals surface area contributed by atoms with Gasteiger partial charge in [0.15, 0.2) is 0 Å². The normalized spacial score (nSPS) is 9.67. The topological polar surface area (TPSA) is 0 Å². The lowest BCUT2D eigenvalue weighted by atomic mass is 10.1. The largest absolute Gasteiger partial charge is 0.0819 e. The summed E-state index contributed by atoms with van der Waals surface area (Å²) in [7, 11) is 0. The highest BCUT2D eigenvalue weighted by Gasteiger charge is 2.00. The first-order chi connectivity index (χ1) is 5.61. The fourth-order valence-corrected chi connectivity index (χ4v) is 1.39. The summed E-state index contributed by atoms with van der Waals surface area (Å²) in [5.41, 5.74) is 2.24. The van der Waals surface area contributed by atoms with Crippen molar-refractivity contribution in [2.24, 2.45) is 0 Å². The van der Waals surface area contributed by atoms with Crippen LogP contribution in [-0.2, 0) is 0 Å². The molecule has 0 nitrogen and oxygen atoms in total. The van der Waals surface area contributed by atoms with E-state index in [0.29, 0.717) is 5.03 Å². The molecule has 0 heterocycles. The molecular formula is C9H7Br2Cl. The summed E-state index contributed by atoms with van der Waals surface area (Å²) in [5.74, 6) is 0. The monoisotopic (exact) mass is 308 g/mol. The van der Waals surface area contributed by atoms with Crippen LogP contribution in [0.15, 0.2) is 27.7 Å². The van der Waals surface area contributed by atoms with Crippen LogP contribution in [0, 0.1) is 6.92 Å². The standard InChI is InChI=1S/C9H7Br2Cl/c1-6-2-4-7(5-3-6)8(12)9(10)11/h2-5H,1H3. The molecule has 0 fully saturated rings. The lowest BCUT2D eigenvalue weighted by molar-refractivity contribution is 1.46. The van der Waals surface area contributed by atoms with Crippen molar-refractivity contribution in [1.29, 1.82) is 0 Å². The Hall–Kier alpha value is 0.210. The van der Waals surface area contributed by atoms with Gasteiger partial charge in [0.25, 0.3) is 0 Å². The van der Waals surface area contributed by atoms with E-state index >= 15 is 0 Å². The van der Waals surface area contributed by atoms with E-state index in [1.54, 1.807) is 0 Å². The summed E-state index contributed by atoms with van der Waals surface area (Å²) in [5, 5.41) is 0.690. The Morgan fingerprint density at radius 1 is 1.17 bits per heavy atom. The predicted molar refractivity (Wildman–Crippen MR) is 61.8 cm³/mol. The Labute approximate surface area is 93.9 Å². The van der Waals surface area contributed by atoms with Crippen molar-refractivity contribution in [3.8, 4) is 0 Å². The van der Waals surface area contributed by atoms with E-state index in [2.05, 4.69) is 31.9 Å². The van der Waals surface area contributed by atoms with Gasteiger partial charge < -0.3 is 0 Å². The summed E-state index contributed by atoms with van der Waals surface area (Å²) in [4.78, 5) is 0. The first-order valence-electron chi connectivity index (χ1n) is 3.39. The van der Waals surface area contributed by atoms with Gasteiger partial charge in [-0.15, -0.1) is 0 Å². The van der Waals surface area contributed by atoms with Gasteiger partial charge in [0.05, 0.1) is 8.42 Å². The van der Waals surface area contributed by atoms with E-state index in [9.17, 15) is 0 Å². The maximum atomic E-state index is 5.98. The lowest BCUT2D eigenvalue weighted by Crippen LogP contribution is -1.77. The molecule has 1 rings (SSSR count). The van der Waals surface area contributed by atoms with Crippen LogP contribution in [0.1, 0.15) is 11.1 Å². The zero-order valence-electron chi connectivity index (χ0n) is 6.44. The van der Waals surface area contributed by atoms with Gasteiger partial charge in [-0.05, 0) is 44.3 Å². The summed E-state index contributed by atoms with van der Waals surface area (Å²) < 4.78 is 0.778. The maximum absolute atomic E-state index is 5.98. The molecule has 0 saturated heterocycles. The summed E-state index contributed by atoms with van der Waals surface area (Å²) in [6.45, 7) is 2.05. The Bertz CT molecular complexity index is 297. The molecule has 1 aromatic carbocycles. The molecule has 0 aromatic heterocycles. The fraction of sp³-hybridized carbons (Fsp3) is 0.111. The predicted octanol–water partition coefficient (Wildman–Crippen LogP) is 4.65. The minimum absolute atomic E-state index is 0.690. The van der Waals surface area contributed by atoms with Gasteiger partial charge in [0.1, 0.15) is 0 Å². The van der Waals surface area contributed by atoms with Gasteiger partial charge in [-0.3, -0.25) is 0 Å². The highest BCUT2D eigenvalue weighted by molar-refractivity contribution is 9.28. The number of rotatable bonds is 1. The summed E-state index contributed by atoms with van der Waals surface area (Å²) in [6.07, 6.45) is 0. The van der Waals surface area contributed by atoms with E-state index in [1.807, 2.05) is 31.2 Å². The molecular weight excluding hydrogens is 303 g/mol. The van der Waals surface area contributed by atoms with Crippen molar-refractivity contribution >= 4 is 48.5 Å². The van der Waals surface area contributed by atoms with E-state index in [1.165, 1.54) is 5.56 Å². The Morgan fingerprint density at radius 3 is 2.08 bits per heavy atom. The molecule has 64 valence electrons. The highest BCUT2D eigenvalue weighted by atomic mass is 79.9. The SMILES string of the molecule is Cc1ccc(C(Cl)=C(Br)Br)cc1. The third kappa shape index (κ3) is 2.61. The third-order valence-corrected chi connectivity index (χ3v) is 3.13. The van der Waals surface area contributed by atoms with Crippen molar-refractivity contribution < 1.29 is 0 Å². The van der Waals surface area contributed by atoms with Gasteiger partial charge in [-0.25, -0.2) is 0 Å². The average molecular weight is 310 g/mol. The molecule has 0 atom stereocenters. The van der Waals surface area contributed by atoms with Crippen molar-refractivity contribution in [1.82, 2.24) is 0 Å². The van der Waals surface area contributed by atoms with Crippen LogP contribution in [0.25, 0.3) is 5.03 Å². The number of hydrogen-bond donors (Lipinski definition) is 0. The van der Waals surface area contributed by atoms with Gasteiger partial charge in [-0.2, -0.15) is 0 Å².